The van der Waals surface area contributed by atoms with Crippen molar-refractivity contribution in [2.45, 2.75) is 5.16 Å². The fourth-order valence-corrected chi connectivity index (χ4v) is 2.11. The molecule has 1 heterocycles. The SMILES string of the molecule is CSc1nc(NN)cc(Oc2ccc(Cl)cc2Cl)n1. The molecule has 2 rings (SSSR count). The number of nitrogens with one attached hydrogen (secondary N) is 1. The van der Waals surface area contributed by atoms with Gasteiger partial charge in [-0.3, -0.25) is 0 Å². The topological polar surface area (TPSA) is 73.1 Å². The Morgan fingerprint density at radius 2 is 2.05 bits per heavy atom. The van der Waals surface area contributed by atoms with E-state index in [0.717, 1.165) is 0 Å². The molecule has 0 amide bonds. The van der Waals surface area contributed by atoms with Crippen molar-refractivity contribution in [1.82, 2.24) is 9.97 Å². The summed E-state index contributed by atoms with van der Waals surface area (Å²) in [4.78, 5) is 8.33. The molecular formula is C11H10Cl2N4OS. The number of nitrogens with two attached hydrogens (primary N) is 1. The van der Waals surface area contributed by atoms with E-state index in [-0.39, 0.29) is 0 Å². The van der Waals surface area contributed by atoms with Gasteiger partial charge < -0.3 is 10.2 Å². The van der Waals surface area contributed by atoms with Gasteiger partial charge in [0.15, 0.2) is 5.16 Å². The zero-order valence-corrected chi connectivity index (χ0v) is 12.2. The van der Waals surface area contributed by atoms with Crippen LogP contribution >= 0.6 is 35.0 Å². The minimum Gasteiger partial charge on any atom is -0.437 e. The predicted octanol–water partition coefficient (Wildman–Crippen LogP) is 3.58. The van der Waals surface area contributed by atoms with Gasteiger partial charge in [0.25, 0.3) is 0 Å². The maximum Gasteiger partial charge on any atom is 0.225 e. The second kappa shape index (κ2) is 6.29. The smallest absolute Gasteiger partial charge is 0.225 e. The average Bonchev–Trinajstić information content (AvgIpc) is 2.41. The highest BCUT2D eigenvalue weighted by atomic mass is 35.5. The van der Waals surface area contributed by atoms with Crippen molar-refractivity contribution in [3.05, 3.63) is 34.3 Å². The van der Waals surface area contributed by atoms with Crippen molar-refractivity contribution in [3.8, 4) is 11.6 Å². The zero-order chi connectivity index (χ0) is 13.8. The van der Waals surface area contributed by atoms with E-state index in [4.69, 9.17) is 33.8 Å². The van der Waals surface area contributed by atoms with E-state index in [0.29, 0.717) is 32.6 Å². The molecule has 0 radical (unpaired) electrons. The Kier molecular flexibility index (Phi) is 4.71. The van der Waals surface area contributed by atoms with Gasteiger partial charge in [0.05, 0.1) is 5.02 Å². The molecule has 100 valence electrons. The number of hydrogen-bond donors (Lipinski definition) is 2. The van der Waals surface area contributed by atoms with Gasteiger partial charge >= 0.3 is 0 Å². The van der Waals surface area contributed by atoms with Crippen LogP contribution in [-0.2, 0) is 0 Å². The predicted molar refractivity (Wildman–Crippen MR) is 78.2 cm³/mol. The summed E-state index contributed by atoms with van der Waals surface area (Å²) in [6.07, 6.45) is 1.86. The van der Waals surface area contributed by atoms with Crippen LogP contribution in [0.5, 0.6) is 11.6 Å². The summed E-state index contributed by atoms with van der Waals surface area (Å²) in [6.45, 7) is 0. The van der Waals surface area contributed by atoms with Gasteiger partial charge in [-0.2, -0.15) is 4.98 Å². The first kappa shape index (κ1) is 14.2. The van der Waals surface area contributed by atoms with Crippen molar-refractivity contribution in [2.75, 3.05) is 11.7 Å². The number of aromatic nitrogens is 2. The lowest BCUT2D eigenvalue weighted by Gasteiger charge is -2.09. The number of benzene rings is 1. The molecule has 0 fully saturated rings. The number of nitrogens with zero attached hydrogens (tertiary/aromatic N) is 2. The largest absolute Gasteiger partial charge is 0.437 e. The quantitative estimate of drug-likeness (QED) is 0.389. The number of hydrogen-bond acceptors (Lipinski definition) is 6. The van der Waals surface area contributed by atoms with Gasteiger partial charge in [-0.05, 0) is 24.5 Å². The first-order valence-electron chi connectivity index (χ1n) is 5.15. The molecule has 19 heavy (non-hydrogen) atoms. The summed E-state index contributed by atoms with van der Waals surface area (Å²) in [6, 6.07) is 6.52. The first-order chi connectivity index (χ1) is 9.12. The van der Waals surface area contributed by atoms with Crippen LogP contribution in [0.4, 0.5) is 5.82 Å². The Morgan fingerprint density at radius 3 is 2.68 bits per heavy atom. The molecule has 0 saturated carbocycles. The molecule has 5 nitrogen and oxygen atoms in total. The second-order valence-electron chi connectivity index (χ2n) is 3.40. The highest BCUT2D eigenvalue weighted by Gasteiger charge is 2.08. The van der Waals surface area contributed by atoms with Crippen LogP contribution in [0, 0.1) is 0 Å². The number of anilines is 1. The van der Waals surface area contributed by atoms with E-state index in [1.165, 1.54) is 11.8 Å². The Balaban J connectivity index is 2.31. The third kappa shape index (κ3) is 3.63. The van der Waals surface area contributed by atoms with Crippen LogP contribution in [0.2, 0.25) is 10.0 Å². The number of hydrazine groups is 1. The molecular weight excluding hydrogens is 307 g/mol. The summed E-state index contributed by atoms with van der Waals surface area (Å²) >= 11 is 13.2. The van der Waals surface area contributed by atoms with Crippen molar-refractivity contribution in [2.24, 2.45) is 5.84 Å². The number of rotatable bonds is 4. The fourth-order valence-electron chi connectivity index (χ4n) is 1.29. The second-order valence-corrected chi connectivity index (χ2v) is 5.02. The van der Waals surface area contributed by atoms with Gasteiger partial charge in [-0.25, -0.2) is 10.8 Å². The number of nitrogen functional groups attached to an aromatic ring is 1. The molecule has 3 N–H and O–H groups in total. The molecule has 0 unspecified atom stereocenters. The molecule has 8 heteroatoms. The zero-order valence-electron chi connectivity index (χ0n) is 9.85. The van der Waals surface area contributed by atoms with E-state index < -0.39 is 0 Å². The van der Waals surface area contributed by atoms with Gasteiger partial charge in [-0.15, -0.1) is 0 Å². The molecule has 2 aromatic rings. The number of halogens is 2. The molecule has 1 aromatic carbocycles. The third-order valence-corrected chi connectivity index (χ3v) is 3.20. The van der Waals surface area contributed by atoms with Crippen LogP contribution in [0.1, 0.15) is 0 Å². The minimum absolute atomic E-state index is 0.344. The number of ether oxygens (including phenoxy) is 1. The fraction of sp³-hybridized carbons (Fsp3) is 0.0909. The average molecular weight is 317 g/mol. The van der Waals surface area contributed by atoms with E-state index in [1.807, 2.05) is 6.26 Å². The molecule has 0 spiro atoms. The van der Waals surface area contributed by atoms with Crippen LogP contribution in [0.15, 0.2) is 29.4 Å². The van der Waals surface area contributed by atoms with Gasteiger partial charge in [0.1, 0.15) is 11.6 Å². The van der Waals surface area contributed by atoms with Crippen LogP contribution in [-0.4, -0.2) is 16.2 Å². The molecule has 0 atom stereocenters. The van der Waals surface area contributed by atoms with Gasteiger partial charge in [-0.1, -0.05) is 35.0 Å². The van der Waals surface area contributed by atoms with Crippen molar-refractivity contribution >= 4 is 40.8 Å². The molecule has 0 aliphatic carbocycles. The summed E-state index contributed by atoms with van der Waals surface area (Å²) in [5, 5.41) is 1.48. The summed E-state index contributed by atoms with van der Waals surface area (Å²) in [5.41, 5.74) is 2.45. The third-order valence-electron chi connectivity index (χ3n) is 2.12. The molecule has 1 aromatic heterocycles. The Labute approximate surface area is 124 Å². The normalized spacial score (nSPS) is 10.3. The van der Waals surface area contributed by atoms with Gasteiger partial charge in [0, 0.05) is 11.1 Å². The number of thioether (sulfide) groups is 1. The summed E-state index contributed by atoms with van der Waals surface area (Å²) in [5.74, 6) is 6.60. The summed E-state index contributed by atoms with van der Waals surface area (Å²) in [7, 11) is 0. The lowest BCUT2D eigenvalue weighted by Crippen LogP contribution is -2.09. The van der Waals surface area contributed by atoms with Crippen LogP contribution in [0.3, 0.4) is 0 Å². The molecule has 0 aliphatic heterocycles. The highest BCUT2D eigenvalue weighted by molar-refractivity contribution is 7.98. The molecule has 0 bridgehead atoms. The lowest BCUT2D eigenvalue weighted by molar-refractivity contribution is 0.456. The van der Waals surface area contributed by atoms with E-state index in [2.05, 4.69) is 15.4 Å². The maximum atomic E-state index is 6.03. The Bertz CT molecular complexity index is 575. The van der Waals surface area contributed by atoms with Crippen molar-refractivity contribution in [1.29, 1.82) is 0 Å². The van der Waals surface area contributed by atoms with Crippen LogP contribution in [0.25, 0.3) is 0 Å². The Hall–Kier alpha value is -1.21. The van der Waals surface area contributed by atoms with E-state index >= 15 is 0 Å². The Morgan fingerprint density at radius 1 is 1.26 bits per heavy atom. The van der Waals surface area contributed by atoms with Gasteiger partial charge in [0.2, 0.25) is 5.88 Å². The minimum atomic E-state index is 0.344. The molecule has 0 aliphatic rings. The molecule has 0 saturated heterocycles. The van der Waals surface area contributed by atoms with E-state index in [1.54, 1.807) is 24.3 Å². The van der Waals surface area contributed by atoms with Crippen molar-refractivity contribution < 1.29 is 4.74 Å². The standard InChI is InChI=1S/C11H10Cl2N4OS/c1-19-11-15-9(17-14)5-10(16-11)18-8-3-2-6(12)4-7(8)13/h2-5H,14H2,1H3,(H,15,16,17). The highest BCUT2D eigenvalue weighted by Crippen LogP contribution is 2.31. The maximum absolute atomic E-state index is 6.03. The van der Waals surface area contributed by atoms with Crippen molar-refractivity contribution in [3.63, 3.8) is 0 Å². The lowest BCUT2D eigenvalue weighted by atomic mass is 10.3. The summed E-state index contributed by atoms with van der Waals surface area (Å²) < 4.78 is 5.60. The first-order valence-corrected chi connectivity index (χ1v) is 7.13. The van der Waals surface area contributed by atoms with E-state index in [9.17, 15) is 0 Å². The van der Waals surface area contributed by atoms with Crippen LogP contribution < -0.4 is 16.0 Å². The monoisotopic (exact) mass is 316 g/mol.